The summed E-state index contributed by atoms with van der Waals surface area (Å²) in [4.78, 5) is 11.3. The molecule has 1 saturated carbocycles. The first-order valence-electron chi connectivity index (χ1n) is 6.63. The van der Waals surface area contributed by atoms with E-state index in [2.05, 4.69) is 10.1 Å². The minimum Gasteiger partial charge on any atom is -0.467 e. The molecule has 0 bridgehead atoms. The predicted octanol–water partition coefficient (Wildman–Crippen LogP) is 0.299. The van der Waals surface area contributed by atoms with Crippen LogP contribution in [0.25, 0.3) is 0 Å². The number of aliphatic hydroxyl groups is 2. The first-order valence-corrected chi connectivity index (χ1v) is 6.63. The number of rotatable bonds is 6. The highest BCUT2D eigenvalue weighted by Gasteiger charge is 2.32. The lowest BCUT2D eigenvalue weighted by Gasteiger charge is -2.31. The molecule has 0 spiro atoms. The molecular weight excluding hydrogens is 234 g/mol. The van der Waals surface area contributed by atoms with Gasteiger partial charge < -0.3 is 20.3 Å². The Morgan fingerprint density at radius 3 is 2.56 bits per heavy atom. The second-order valence-corrected chi connectivity index (χ2v) is 5.38. The zero-order valence-electron chi connectivity index (χ0n) is 11.3. The van der Waals surface area contributed by atoms with E-state index >= 15 is 0 Å². The van der Waals surface area contributed by atoms with E-state index in [0.29, 0.717) is 11.8 Å². The Bertz CT molecular complexity index is 268. The molecule has 0 amide bonds. The molecule has 0 aromatic rings. The fourth-order valence-electron chi connectivity index (χ4n) is 2.59. The number of hydrogen-bond acceptors (Lipinski definition) is 5. The van der Waals surface area contributed by atoms with Gasteiger partial charge >= 0.3 is 5.97 Å². The van der Waals surface area contributed by atoms with Crippen molar-refractivity contribution < 1.29 is 19.7 Å². The molecule has 0 heterocycles. The monoisotopic (exact) mass is 259 g/mol. The Kier molecular flexibility index (Phi) is 6.05. The largest absolute Gasteiger partial charge is 0.467 e. The first kappa shape index (κ1) is 15.4. The second kappa shape index (κ2) is 7.07. The lowest BCUT2D eigenvalue weighted by Crippen LogP contribution is -2.47. The number of ether oxygens (including phenoxy) is 1. The van der Waals surface area contributed by atoms with Crippen molar-refractivity contribution in [1.82, 2.24) is 5.32 Å². The van der Waals surface area contributed by atoms with Crippen molar-refractivity contribution in [3.05, 3.63) is 0 Å². The van der Waals surface area contributed by atoms with Crippen molar-refractivity contribution in [3.63, 3.8) is 0 Å². The highest BCUT2D eigenvalue weighted by atomic mass is 16.5. The molecule has 0 radical (unpaired) electrons. The van der Waals surface area contributed by atoms with Gasteiger partial charge in [-0.2, -0.15) is 0 Å². The molecule has 3 unspecified atom stereocenters. The average Bonchev–Trinajstić information content (AvgIpc) is 2.38. The maximum atomic E-state index is 11.3. The summed E-state index contributed by atoms with van der Waals surface area (Å²) in [6.07, 6.45) is 4.53. The molecule has 0 saturated heterocycles. The van der Waals surface area contributed by atoms with Gasteiger partial charge in [-0.15, -0.1) is 0 Å². The number of aliphatic hydroxyl groups excluding tert-OH is 1. The summed E-state index contributed by atoms with van der Waals surface area (Å²) in [5.41, 5.74) is -1.49. The maximum absolute atomic E-state index is 11.3. The maximum Gasteiger partial charge on any atom is 0.338 e. The van der Waals surface area contributed by atoms with Crippen LogP contribution in [0.15, 0.2) is 0 Å². The van der Waals surface area contributed by atoms with Gasteiger partial charge in [0.25, 0.3) is 0 Å². The first-order chi connectivity index (χ1) is 8.51. The molecule has 3 atom stereocenters. The van der Waals surface area contributed by atoms with E-state index in [1.807, 2.05) is 0 Å². The van der Waals surface area contributed by atoms with Crippen molar-refractivity contribution >= 4 is 5.97 Å². The number of carbonyl (C=O) groups excluding carboxylic acids is 1. The molecule has 5 nitrogen and oxygen atoms in total. The van der Waals surface area contributed by atoms with E-state index in [9.17, 15) is 15.0 Å². The van der Waals surface area contributed by atoms with Crippen LogP contribution in [0.3, 0.4) is 0 Å². The normalized spacial score (nSPS) is 27.6. The fraction of sp³-hybridized carbons (Fsp3) is 0.923. The zero-order chi connectivity index (χ0) is 13.6. The number of nitrogens with one attached hydrogen (secondary N) is 1. The van der Waals surface area contributed by atoms with E-state index < -0.39 is 11.6 Å². The molecule has 3 N–H and O–H groups in total. The lowest BCUT2D eigenvalue weighted by molar-refractivity contribution is -0.160. The fourth-order valence-corrected chi connectivity index (χ4v) is 2.59. The zero-order valence-corrected chi connectivity index (χ0v) is 11.3. The summed E-state index contributed by atoms with van der Waals surface area (Å²) < 4.78 is 4.53. The van der Waals surface area contributed by atoms with Crippen LogP contribution in [0.4, 0.5) is 0 Å². The summed E-state index contributed by atoms with van der Waals surface area (Å²) in [5, 5.41) is 22.3. The molecule has 0 aromatic heterocycles. The summed E-state index contributed by atoms with van der Waals surface area (Å²) >= 11 is 0. The van der Waals surface area contributed by atoms with Crippen LogP contribution in [0.2, 0.25) is 0 Å². The predicted molar refractivity (Wildman–Crippen MR) is 68.0 cm³/mol. The van der Waals surface area contributed by atoms with Crippen molar-refractivity contribution in [1.29, 1.82) is 0 Å². The molecule has 5 heteroatoms. The van der Waals surface area contributed by atoms with Gasteiger partial charge in [0.2, 0.25) is 0 Å². The molecule has 106 valence electrons. The van der Waals surface area contributed by atoms with Crippen molar-refractivity contribution in [3.8, 4) is 0 Å². The number of esters is 1. The van der Waals surface area contributed by atoms with Gasteiger partial charge in [-0.25, -0.2) is 4.79 Å². The molecule has 1 aliphatic rings. The third kappa shape index (κ3) is 4.23. The van der Waals surface area contributed by atoms with Crippen molar-refractivity contribution in [2.75, 3.05) is 26.8 Å². The SMILES string of the molecule is COC(=O)C(C)(O)CNCC1CCCCC1CO. The minimum atomic E-state index is -1.49. The highest BCUT2D eigenvalue weighted by Crippen LogP contribution is 2.29. The van der Waals surface area contributed by atoms with Crippen molar-refractivity contribution in [2.45, 2.75) is 38.2 Å². The standard InChI is InChI=1S/C13H25NO4/c1-13(17,12(16)18-2)9-14-7-10-5-3-4-6-11(10)8-15/h10-11,14-15,17H,3-9H2,1-2H3. The van der Waals surface area contributed by atoms with E-state index in [0.717, 1.165) is 19.4 Å². The topological polar surface area (TPSA) is 78.8 Å². The molecule has 1 fully saturated rings. The number of hydrogen-bond donors (Lipinski definition) is 3. The quantitative estimate of drug-likeness (QED) is 0.598. The van der Waals surface area contributed by atoms with Crippen LogP contribution in [0, 0.1) is 11.8 Å². The van der Waals surface area contributed by atoms with E-state index in [1.165, 1.54) is 26.9 Å². The van der Waals surface area contributed by atoms with E-state index in [4.69, 9.17) is 0 Å². The Hall–Kier alpha value is -0.650. The second-order valence-electron chi connectivity index (χ2n) is 5.38. The molecule has 1 rings (SSSR count). The van der Waals surface area contributed by atoms with Crippen LogP contribution in [0.5, 0.6) is 0 Å². The highest BCUT2D eigenvalue weighted by molar-refractivity contribution is 5.78. The Morgan fingerprint density at radius 2 is 2.00 bits per heavy atom. The third-order valence-corrected chi connectivity index (χ3v) is 3.80. The van der Waals surface area contributed by atoms with Gasteiger partial charge in [0, 0.05) is 13.2 Å². The van der Waals surface area contributed by atoms with E-state index in [1.54, 1.807) is 0 Å². The smallest absolute Gasteiger partial charge is 0.338 e. The minimum absolute atomic E-state index is 0.175. The molecule has 0 aromatic carbocycles. The molecular formula is C13H25NO4. The molecule has 18 heavy (non-hydrogen) atoms. The Labute approximate surface area is 109 Å². The Balaban J connectivity index is 2.34. The van der Waals surface area contributed by atoms with Gasteiger partial charge in [-0.05, 0) is 38.1 Å². The van der Waals surface area contributed by atoms with Gasteiger partial charge in [-0.3, -0.25) is 0 Å². The third-order valence-electron chi connectivity index (χ3n) is 3.80. The summed E-state index contributed by atoms with van der Waals surface area (Å²) in [5.74, 6) is 0.142. The average molecular weight is 259 g/mol. The van der Waals surface area contributed by atoms with Gasteiger partial charge in [-0.1, -0.05) is 12.8 Å². The number of methoxy groups -OCH3 is 1. The number of carbonyl (C=O) groups is 1. The van der Waals surface area contributed by atoms with Crippen LogP contribution in [0.1, 0.15) is 32.6 Å². The lowest BCUT2D eigenvalue weighted by atomic mass is 9.79. The molecule has 0 aliphatic heterocycles. The van der Waals surface area contributed by atoms with E-state index in [-0.39, 0.29) is 13.2 Å². The summed E-state index contributed by atoms with van der Waals surface area (Å²) in [6, 6.07) is 0. The van der Waals surface area contributed by atoms with Crippen LogP contribution < -0.4 is 5.32 Å². The molecule has 1 aliphatic carbocycles. The van der Waals surface area contributed by atoms with Gasteiger partial charge in [0.1, 0.15) is 0 Å². The van der Waals surface area contributed by atoms with Crippen LogP contribution in [-0.4, -0.2) is 48.6 Å². The van der Waals surface area contributed by atoms with Crippen molar-refractivity contribution in [2.24, 2.45) is 11.8 Å². The van der Waals surface area contributed by atoms with Gasteiger partial charge in [0.15, 0.2) is 5.60 Å². The summed E-state index contributed by atoms with van der Waals surface area (Å²) in [6.45, 7) is 2.56. The van der Waals surface area contributed by atoms with Crippen LogP contribution in [-0.2, 0) is 9.53 Å². The van der Waals surface area contributed by atoms with Gasteiger partial charge in [0.05, 0.1) is 7.11 Å². The van der Waals surface area contributed by atoms with Crippen LogP contribution >= 0.6 is 0 Å². The Morgan fingerprint density at radius 1 is 1.39 bits per heavy atom. The summed E-state index contributed by atoms with van der Waals surface area (Å²) in [7, 11) is 1.26.